The molecule has 0 aliphatic carbocycles. The number of carbonyl (C=O) groups excluding carboxylic acids is 3. The summed E-state index contributed by atoms with van der Waals surface area (Å²) in [6.07, 6.45) is -1.39. The Kier molecular flexibility index (Phi) is 9.94. The Morgan fingerprint density at radius 3 is 2.23 bits per heavy atom. The standard InChI is InChI=1S/C23H32O8/c1-15-16(2)22(31-18(4)24)23(30-17(15)3)28-13-11-20(25)27-12-10-21(26)29-14-19-8-6-5-7-9-19/h5-9,15-17,22-23H,10-14H2,1-4H3/t15-,16+,17?,22?,23-/m1/s1. The fourth-order valence-corrected chi connectivity index (χ4v) is 3.27. The lowest BCUT2D eigenvalue weighted by molar-refractivity contribution is -0.271. The van der Waals surface area contributed by atoms with E-state index in [-0.39, 0.29) is 50.6 Å². The van der Waals surface area contributed by atoms with Gasteiger partial charge in [-0.1, -0.05) is 44.2 Å². The van der Waals surface area contributed by atoms with Crippen molar-refractivity contribution in [1.82, 2.24) is 0 Å². The van der Waals surface area contributed by atoms with E-state index in [9.17, 15) is 14.4 Å². The van der Waals surface area contributed by atoms with Gasteiger partial charge >= 0.3 is 17.9 Å². The zero-order chi connectivity index (χ0) is 22.8. The van der Waals surface area contributed by atoms with Crippen molar-refractivity contribution in [3.8, 4) is 0 Å². The van der Waals surface area contributed by atoms with Gasteiger partial charge in [0.1, 0.15) is 13.2 Å². The fraction of sp³-hybridized carbons (Fsp3) is 0.609. The maximum Gasteiger partial charge on any atom is 0.309 e. The van der Waals surface area contributed by atoms with Gasteiger partial charge in [-0.3, -0.25) is 14.4 Å². The molecule has 8 heteroatoms. The Bertz CT molecular complexity index is 720. The average molecular weight is 437 g/mol. The third-order valence-electron chi connectivity index (χ3n) is 5.41. The summed E-state index contributed by atoms with van der Waals surface area (Å²) in [6, 6.07) is 9.32. The highest BCUT2D eigenvalue weighted by atomic mass is 16.7. The summed E-state index contributed by atoms with van der Waals surface area (Å²) in [5, 5.41) is 0. The van der Waals surface area contributed by atoms with E-state index in [1.807, 2.05) is 51.1 Å². The van der Waals surface area contributed by atoms with Crippen LogP contribution in [0.3, 0.4) is 0 Å². The Labute approximate surface area is 183 Å². The van der Waals surface area contributed by atoms with Gasteiger partial charge in [0.05, 0.1) is 25.6 Å². The van der Waals surface area contributed by atoms with E-state index in [0.717, 1.165) is 5.56 Å². The molecule has 0 bridgehead atoms. The monoisotopic (exact) mass is 436 g/mol. The first kappa shape index (κ1) is 24.8. The summed E-state index contributed by atoms with van der Waals surface area (Å²) < 4.78 is 27.1. The maximum atomic E-state index is 11.9. The highest BCUT2D eigenvalue weighted by Gasteiger charge is 2.42. The number of rotatable bonds is 10. The molecule has 1 heterocycles. The van der Waals surface area contributed by atoms with E-state index in [0.29, 0.717) is 0 Å². The molecule has 1 aliphatic rings. The van der Waals surface area contributed by atoms with Gasteiger partial charge in [0.2, 0.25) is 0 Å². The van der Waals surface area contributed by atoms with Crippen LogP contribution in [-0.4, -0.2) is 49.6 Å². The Hall–Kier alpha value is -2.45. The smallest absolute Gasteiger partial charge is 0.309 e. The minimum atomic E-state index is -0.745. The van der Waals surface area contributed by atoms with Crippen molar-refractivity contribution in [2.45, 2.75) is 65.6 Å². The minimum absolute atomic E-state index is 0.00989. The second-order valence-electron chi connectivity index (χ2n) is 7.74. The van der Waals surface area contributed by atoms with Gasteiger partial charge in [-0.2, -0.15) is 0 Å². The van der Waals surface area contributed by atoms with Crippen LogP contribution in [-0.2, 0) is 44.7 Å². The van der Waals surface area contributed by atoms with Crippen LogP contribution in [0.4, 0.5) is 0 Å². The summed E-state index contributed by atoms with van der Waals surface area (Å²) in [5.74, 6) is -1.10. The molecule has 0 spiro atoms. The average Bonchev–Trinajstić information content (AvgIpc) is 2.74. The molecule has 0 aromatic heterocycles. The third kappa shape index (κ3) is 8.30. The van der Waals surface area contributed by atoms with Crippen molar-refractivity contribution in [3.63, 3.8) is 0 Å². The van der Waals surface area contributed by atoms with Gasteiger partial charge < -0.3 is 23.7 Å². The largest absolute Gasteiger partial charge is 0.465 e. The van der Waals surface area contributed by atoms with Crippen LogP contribution >= 0.6 is 0 Å². The zero-order valence-electron chi connectivity index (χ0n) is 18.6. The fourth-order valence-electron chi connectivity index (χ4n) is 3.27. The summed E-state index contributed by atoms with van der Waals surface area (Å²) in [6.45, 7) is 7.47. The predicted molar refractivity (Wildman–Crippen MR) is 111 cm³/mol. The van der Waals surface area contributed by atoms with E-state index in [4.69, 9.17) is 23.7 Å². The Balaban J connectivity index is 1.66. The highest BCUT2D eigenvalue weighted by molar-refractivity contribution is 5.72. The molecule has 172 valence electrons. The molecule has 2 unspecified atom stereocenters. The molecule has 31 heavy (non-hydrogen) atoms. The third-order valence-corrected chi connectivity index (χ3v) is 5.41. The molecule has 5 atom stereocenters. The van der Waals surface area contributed by atoms with E-state index in [1.54, 1.807) is 0 Å². The van der Waals surface area contributed by atoms with Crippen molar-refractivity contribution < 1.29 is 38.1 Å². The first-order valence-electron chi connectivity index (χ1n) is 10.6. The van der Waals surface area contributed by atoms with Crippen LogP contribution in [0.5, 0.6) is 0 Å². The quantitative estimate of drug-likeness (QED) is 0.408. The lowest BCUT2D eigenvalue weighted by Gasteiger charge is -2.42. The van der Waals surface area contributed by atoms with Crippen molar-refractivity contribution >= 4 is 17.9 Å². The summed E-state index contributed by atoms with van der Waals surface area (Å²) in [7, 11) is 0. The first-order chi connectivity index (χ1) is 14.8. The normalized spacial score (nSPS) is 25.5. The van der Waals surface area contributed by atoms with Crippen molar-refractivity contribution in [1.29, 1.82) is 0 Å². The van der Waals surface area contributed by atoms with Gasteiger partial charge in [0.25, 0.3) is 0 Å². The second-order valence-corrected chi connectivity index (χ2v) is 7.74. The van der Waals surface area contributed by atoms with E-state index in [2.05, 4.69) is 0 Å². The van der Waals surface area contributed by atoms with Crippen LogP contribution in [0, 0.1) is 11.8 Å². The number of hydrogen-bond donors (Lipinski definition) is 0. The molecule has 0 amide bonds. The number of hydrogen-bond acceptors (Lipinski definition) is 8. The molecule has 1 aromatic carbocycles. The molecule has 8 nitrogen and oxygen atoms in total. The Morgan fingerprint density at radius 2 is 1.55 bits per heavy atom. The van der Waals surface area contributed by atoms with Crippen molar-refractivity contribution in [2.24, 2.45) is 11.8 Å². The van der Waals surface area contributed by atoms with Crippen LogP contribution in [0.1, 0.15) is 46.1 Å². The molecule has 0 radical (unpaired) electrons. The molecule has 1 aliphatic heterocycles. The molecule has 1 saturated heterocycles. The molecular weight excluding hydrogens is 404 g/mol. The number of benzene rings is 1. The van der Waals surface area contributed by atoms with Crippen LogP contribution in [0.2, 0.25) is 0 Å². The molecule has 2 rings (SSSR count). The summed E-state index contributed by atoms with van der Waals surface area (Å²) in [5.41, 5.74) is 0.889. The summed E-state index contributed by atoms with van der Waals surface area (Å²) in [4.78, 5) is 35.1. The van der Waals surface area contributed by atoms with E-state index in [1.165, 1.54) is 6.92 Å². The lowest BCUT2D eigenvalue weighted by atomic mass is 9.84. The molecular formula is C23H32O8. The second kappa shape index (κ2) is 12.4. The van der Waals surface area contributed by atoms with Gasteiger partial charge in [0.15, 0.2) is 12.4 Å². The predicted octanol–water partition coefficient (Wildman–Crippen LogP) is 3.02. The van der Waals surface area contributed by atoms with Crippen LogP contribution < -0.4 is 0 Å². The number of esters is 3. The van der Waals surface area contributed by atoms with Gasteiger partial charge in [-0.05, 0) is 18.4 Å². The van der Waals surface area contributed by atoms with E-state index >= 15 is 0 Å². The SMILES string of the molecule is CC(=O)OC1[C@H](OCCC(=O)OCCC(=O)OCc2ccccc2)OC(C)[C@H](C)[C@@H]1C. The van der Waals surface area contributed by atoms with Crippen LogP contribution in [0.25, 0.3) is 0 Å². The van der Waals surface area contributed by atoms with Crippen LogP contribution in [0.15, 0.2) is 30.3 Å². The topological polar surface area (TPSA) is 97.4 Å². The lowest BCUT2D eigenvalue weighted by Crippen LogP contribution is -2.51. The van der Waals surface area contributed by atoms with Crippen molar-refractivity contribution in [3.05, 3.63) is 35.9 Å². The highest BCUT2D eigenvalue weighted by Crippen LogP contribution is 2.33. The summed E-state index contributed by atoms with van der Waals surface area (Å²) >= 11 is 0. The zero-order valence-corrected chi connectivity index (χ0v) is 18.6. The number of carbonyl (C=O) groups is 3. The molecule has 1 fully saturated rings. The first-order valence-corrected chi connectivity index (χ1v) is 10.6. The Morgan fingerprint density at radius 1 is 0.903 bits per heavy atom. The number of ether oxygens (including phenoxy) is 5. The molecule has 0 N–H and O–H groups in total. The van der Waals surface area contributed by atoms with Gasteiger partial charge in [-0.25, -0.2) is 0 Å². The maximum absolute atomic E-state index is 11.9. The minimum Gasteiger partial charge on any atom is -0.465 e. The van der Waals surface area contributed by atoms with Gasteiger partial charge in [-0.15, -0.1) is 0 Å². The van der Waals surface area contributed by atoms with Gasteiger partial charge in [0, 0.05) is 12.8 Å². The molecule has 1 aromatic rings. The molecule has 0 saturated carbocycles. The van der Waals surface area contributed by atoms with Crippen molar-refractivity contribution in [2.75, 3.05) is 13.2 Å². The van der Waals surface area contributed by atoms with E-state index < -0.39 is 30.3 Å².